The molecule has 0 bridgehead atoms. The fourth-order valence-electron chi connectivity index (χ4n) is 6.61. The van der Waals surface area contributed by atoms with Crippen LogP contribution in [0.15, 0.2) is 36.4 Å². The molecule has 2 heterocycles. The van der Waals surface area contributed by atoms with Crippen LogP contribution < -0.4 is 20.1 Å². The maximum absolute atomic E-state index is 13.1. The van der Waals surface area contributed by atoms with E-state index in [2.05, 4.69) is 27.5 Å². The average molecular weight is 555 g/mol. The van der Waals surface area contributed by atoms with Gasteiger partial charge in [0.25, 0.3) is 0 Å². The Morgan fingerprint density at radius 1 is 1.21 bits per heavy atom. The summed E-state index contributed by atoms with van der Waals surface area (Å²) in [6.45, 7) is 1.67. The first-order valence-corrected chi connectivity index (χ1v) is 16.3. The van der Waals surface area contributed by atoms with Crippen molar-refractivity contribution in [2.75, 3.05) is 36.1 Å². The molecule has 202 valence electrons. The number of nitriles is 1. The van der Waals surface area contributed by atoms with E-state index >= 15 is 0 Å². The van der Waals surface area contributed by atoms with Gasteiger partial charge < -0.3 is 15.4 Å². The van der Waals surface area contributed by atoms with E-state index in [0.29, 0.717) is 22.8 Å². The van der Waals surface area contributed by atoms with E-state index in [0.717, 1.165) is 57.0 Å². The van der Waals surface area contributed by atoms with Gasteiger partial charge in [0.2, 0.25) is 15.9 Å². The lowest BCUT2D eigenvalue weighted by Crippen LogP contribution is -2.60. The van der Waals surface area contributed by atoms with Crippen molar-refractivity contribution in [1.29, 1.82) is 5.26 Å². The third kappa shape index (κ3) is 5.51. The second-order valence-electron chi connectivity index (χ2n) is 10.6. The van der Waals surface area contributed by atoms with E-state index in [1.807, 2.05) is 30.5 Å². The van der Waals surface area contributed by atoms with Crippen molar-refractivity contribution in [3.8, 4) is 11.8 Å². The van der Waals surface area contributed by atoms with Crippen molar-refractivity contribution >= 4 is 33.4 Å². The second-order valence-corrected chi connectivity index (χ2v) is 13.3. The quantitative estimate of drug-likeness (QED) is 0.501. The first-order valence-electron chi connectivity index (χ1n) is 13.0. The first-order chi connectivity index (χ1) is 18.2. The zero-order valence-electron chi connectivity index (χ0n) is 21.7. The van der Waals surface area contributed by atoms with Gasteiger partial charge in [-0.15, -0.1) is 0 Å². The first kappa shape index (κ1) is 26.9. The Morgan fingerprint density at radius 2 is 2.00 bits per heavy atom. The van der Waals surface area contributed by atoms with Crippen LogP contribution in [0, 0.1) is 23.2 Å². The van der Waals surface area contributed by atoms with Crippen molar-refractivity contribution in [2.24, 2.45) is 11.8 Å². The molecule has 1 amide bonds. The number of carbonyl (C=O) groups is 1. The van der Waals surface area contributed by atoms with Crippen molar-refractivity contribution < 1.29 is 17.9 Å². The molecule has 2 unspecified atom stereocenters. The maximum atomic E-state index is 13.1. The number of rotatable bonds is 6. The molecule has 2 aromatic rings. The van der Waals surface area contributed by atoms with Gasteiger partial charge in [0.15, 0.2) is 0 Å². The molecular weight excluding hydrogens is 520 g/mol. The lowest BCUT2D eigenvalue weighted by atomic mass is 9.62. The number of hydrogen-bond acceptors (Lipinski definition) is 7. The second kappa shape index (κ2) is 10.8. The summed E-state index contributed by atoms with van der Waals surface area (Å²) in [5.74, 6) is 1.25. The summed E-state index contributed by atoms with van der Waals surface area (Å²) in [5.41, 5.74) is 3.97. The molecule has 0 aromatic heterocycles. The van der Waals surface area contributed by atoms with Gasteiger partial charge in [-0.3, -0.25) is 9.52 Å². The zero-order chi connectivity index (χ0) is 26.9. The number of nitrogens with one attached hydrogen (secondary N) is 3. The Balaban J connectivity index is 1.59. The van der Waals surface area contributed by atoms with Crippen LogP contribution in [0.3, 0.4) is 0 Å². The van der Waals surface area contributed by atoms with Gasteiger partial charge in [0, 0.05) is 17.2 Å². The molecule has 1 spiro atoms. The van der Waals surface area contributed by atoms with Crippen molar-refractivity contribution in [1.82, 2.24) is 10.6 Å². The Hall–Kier alpha value is -2.74. The molecule has 8 nitrogen and oxygen atoms in total. The number of anilines is 1. The molecule has 1 saturated heterocycles. The predicted molar refractivity (Wildman–Crippen MR) is 150 cm³/mol. The highest BCUT2D eigenvalue weighted by atomic mass is 32.2. The lowest BCUT2D eigenvalue weighted by molar-refractivity contribution is -0.123. The summed E-state index contributed by atoms with van der Waals surface area (Å²) in [5, 5.41) is 16.2. The minimum atomic E-state index is -3.47. The van der Waals surface area contributed by atoms with Crippen LogP contribution >= 0.6 is 11.8 Å². The molecule has 1 fully saturated rings. The van der Waals surface area contributed by atoms with Gasteiger partial charge in [0.1, 0.15) is 11.4 Å². The van der Waals surface area contributed by atoms with E-state index in [4.69, 9.17) is 4.74 Å². The van der Waals surface area contributed by atoms with Crippen LogP contribution in [-0.4, -0.2) is 51.3 Å². The van der Waals surface area contributed by atoms with Crippen molar-refractivity contribution in [3.63, 3.8) is 0 Å². The normalized spacial score (nSPS) is 23.9. The van der Waals surface area contributed by atoms with E-state index in [1.54, 1.807) is 6.07 Å². The molecule has 5 rings (SSSR count). The number of piperidine rings is 1. The summed E-state index contributed by atoms with van der Waals surface area (Å²) in [4.78, 5) is 13.1. The molecule has 0 radical (unpaired) electrons. The van der Waals surface area contributed by atoms with Gasteiger partial charge in [0.05, 0.1) is 29.7 Å². The number of benzene rings is 2. The highest BCUT2D eigenvalue weighted by molar-refractivity contribution is 7.99. The Labute approximate surface area is 229 Å². The summed E-state index contributed by atoms with van der Waals surface area (Å²) < 4.78 is 33.4. The minimum absolute atomic E-state index is 0.000170. The predicted octanol–water partition coefficient (Wildman–Crippen LogP) is 3.39. The molecule has 3 atom stereocenters. The summed E-state index contributed by atoms with van der Waals surface area (Å²) in [6.07, 6.45) is 7.33. The Bertz CT molecular complexity index is 1370. The van der Waals surface area contributed by atoms with Gasteiger partial charge >= 0.3 is 0 Å². The fourth-order valence-corrected chi connectivity index (χ4v) is 7.51. The van der Waals surface area contributed by atoms with Crippen LogP contribution in [0.25, 0.3) is 0 Å². The highest BCUT2D eigenvalue weighted by Crippen LogP contribution is 2.53. The molecule has 10 heteroatoms. The summed E-state index contributed by atoms with van der Waals surface area (Å²) in [7, 11) is -3.47. The molecule has 38 heavy (non-hydrogen) atoms. The van der Waals surface area contributed by atoms with Gasteiger partial charge in [-0.1, -0.05) is 6.07 Å². The molecule has 1 aliphatic carbocycles. The Morgan fingerprint density at radius 3 is 2.71 bits per heavy atom. The summed E-state index contributed by atoms with van der Waals surface area (Å²) >= 11 is 1.48. The number of amides is 1. The Kier molecular flexibility index (Phi) is 7.63. The maximum Gasteiger partial charge on any atom is 0.230 e. The topological polar surface area (TPSA) is 120 Å². The van der Waals surface area contributed by atoms with E-state index < -0.39 is 15.6 Å². The van der Waals surface area contributed by atoms with Gasteiger partial charge in [-0.05, 0) is 98.8 Å². The van der Waals surface area contributed by atoms with E-state index in [9.17, 15) is 18.5 Å². The van der Waals surface area contributed by atoms with Crippen LogP contribution in [0.5, 0.6) is 5.75 Å². The third-order valence-corrected chi connectivity index (χ3v) is 9.24. The molecule has 3 N–H and O–H groups in total. The lowest BCUT2D eigenvalue weighted by Gasteiger charge is -2.54. The van der Waals surface area contributed by atoms with Crippen LogP contribution in [0.1, 0.15) is 47.6 Å². The minimum Gasteiger partial charge on any atom is -0.486 e. The number of fused-ring (bicyclic) bond motifs is 2. The SMILES string of the molecule is CSCC(=O)N[C@H]1c2cc(NS(C)(=O)=O)ccc2OC2(CCNCC2)C1C1CCc2cc(C#N)ccc2C1. The van der Waals surface area contributed by atoms with Crippen LogP contribution in [-0.2, 0) is 27.7 Å². The third-order valence-electron chi connectivity index (χ3n) is 8.08. The molecule has 0 saturated carbocycles. The standard InChI is InChI=1S/C28H34N4O4S2/c1-37-17-25(33)31-27-23-15-22(32-38(2,34)35)7-8-24(23)36-28(9-11-30-12-10-28)26(27)21-6-5-19-13-18(16-29)3-4-20(19)14-21/h3-4,7-8,13,15,21,26-27,30,32H,5-6,9-12,14,17H2,1-2H3,(H,31,33)/t21?,26?,27-/m0/s1. The van der Waals surface area contributed by atoms with E-state index in [-0.39, 0.29) is 23.8 Å². The average Bonchev–Trinajstić information content (AvgIpc) is 2.88. The van der Waals surface area contributed by atoms with Gasteiger partial charge in [-0.25, -0.2) is 8.42 Å². The molecular formula is C28H34N4O4S2. The summed E-state index contributed by atoms with van der Waals surface area (Å²) in [6, 6.07) is 13.3. The number of aryl methyl sites for hydroxylation is 1. The molecule has 2 aliphatic heterocycles. The number of thioether (sulfide) groups is 1. The van der Waals surface area contributed by atoms with Crippen molar-refractivity contribution in [3.05, 3.63) is 58.7 Å². The molecule has 2 aromatic carbocycles. The fraction of sp³-hybridized carbons (Fsp3) is 0.500. The highest BCUT2D eigenvalue weighted by Gasteiger charge is 2.54. The van der Waals surface area contributed by atoms with E-state index in [1.165, 1.54) is 22.9 Å². The smallest absolute Gasteiger partial charge is 0.230 e. The number of sulfonamides is 1. The van der Waals surface area contributed by atoms with Crippen LogP contribution in [0.2, 0.25) is 0 Å². The van der Waals surface area contributed by atoms with Crippen molar-refractivity contribution in [2.45, 2.75) is 43.7 Å². The number of carbonyl (C=O) groups excluding carboxylic acids is 1. The number of hydrogen-bond donors (Lipinski definition) is 3. The number of ether oxygens (including phenoxy) is 1. The monoisotopic (exact) mass is 554 g/mol. The zero-order valence-corrected chi connectivity index (χ0v) is 23.4. The number of nitrogens with zero attached hydrogens (tertiary/aromatic N) is 1. The van der Waals surface area contributed by atoms with Crippen LogP contribution in [0.4, 0.5) is 5.69 Å². The largest absolute Gasteiger partial charge is 0.486 e. The van der Waals surface area contributed by atoms with Gasteiger partial charge in [-0.2, -0.15) is 17.0 Å². The molecule has 3 aliphatic rings.